The summed E-state index contributed by atoms with van der Waals surface area (Å²) >= 11 is 1.60. The minimum atomic E-state index is -0.833. The fourth-order valence-electron chi connectivity index (χ4n) is 4.13. The number of nitrogens with zero attached hydrogens (tertiary/aromatic N) is 1. The van der Waals surface area contributed by atoms with Crippen LogP contribution >= 0.6 is 11.3 Å². The Morgan fingerprint density at radius 1 is 1.16 bits per heavy atom. The standard InChI is InChI=1S/C22H23N3O5S/c1-4-30-21(28)17-14-7-5-6-8-16(14)31-20(17)25-11(2)9-13(12(25)3)10-15-18(26)23-22(29)24-19(15)27/h9-10H,4-8H2,1-3H3,(H2,23,24,26,27,29). The Balaban J connectivity index is 1.83. The molecule has 4 rings (SSSR count). The van der Waals surface area contributed by atoms with Crippen molar-refractivity contribution in [1.82, 2.24) is 15.2 Å². The number of aryl methyl sites for hydroxylation is 2. The molecule has 2 aromatic heterocycles. The van der Waals surface area contributed by atoms with Crippen molar-refractivity contribution >= 4 is 41.2 Å². The summed E-state index contributed by atoms with van der Waals surface area (Å²) in [5.74, 6) is -1.80. The number of nitrogens with one attached hydrogen (secondary N) is 2. The predicted octanol–water partition coefficient (Wildman–Crippen LogP) is 2.96. The zero-order valence-corrected chi connectivity index (χ0v) is 18.4. The van der Waals surface area contributed by atoms with Crippen LogP contribution in [0, 0.1) is 13.8 Å². The van der Waals surface area contributed by atoms with Gasteiger partial charge in [-0.05, 0) is 69.7 Å². The molecule has 0 spiro atoms. The van der Waals surface area contributed by atoms with Gasteiger partial charge in [-0.1, -0.05) is 0 Å². The van der Waals surface area contributed by atoms with E-state index in [0.29, 0.717) is 17.7 Å². The molecule has 2 aliphatic rings. The lowest BCUT2D eigenvalue weighted by atomic mass is 9.95. The van der Waals surface area contributed by atoms with Crippen LogP contribution in [0.1, 0.15) is 57.5 Å². The normalized spacial score (nSPS) is 16.0. The first-order chi connectivity index (χ1) is 14.8. The molecule has 1 aliphatic heterocycles. The second kappa shape index (κ2) is 8.14. The average Bonchev–Trinajstić information content (AvgIpc) is 3.21. The SMILES string of the molecule is CCOC(=O)c1c(-n2c(C)cc(C=C3C(=O)NC(=O)NC3=O)c2C)sc2c1CCCC2. The molecule has 1 saturated heterocycles. The monoisotopic (exact) mass is 441 g/mol. The Kier molecular flexibility index (Phi) is 5.53. The molecule has 162 valence electrons. The molecule has 4 amide bonds. The van der Waals surface area contributed by atoms with Crippen LogP contribution < -0.4 is 10.6 Å². The zero-order chi connectivity index (χ0) is 22.3. The average molecular weight is 442 g/mol. The van der Waals surface area contributed by atoms with Gasteiger partial charge in [0.15, 0.2) is 0 Å². The number of rotatable bonds is 4. The molecule has 0 unspecified atom stereocenters. The van der Waals surface area contributed by atoms with E-state index in [-0.39, 0.29) is 11.5 Å². The first-order valence-electron chi connectivity index (χ1n) is 10.2. The Morgan fingerprint density at radius 3 is 2.52 bits per heavy atom. The molecule has 0 saturated carbocycles. The second-order valence-corrected chi connectivity index (χ2v) is 8.65. The van der Waals surface area contributed by atoms with Crippen LogP contribution in [0.25, 0.3) is 11.1 Å². The smallest absolute Gasteiger partial charge is 0.341 e. The summed E-state index contributed by atoms with van der Waals surface area (Å²) in [6.45, 7) is 5.87. The van der Waals surface area contributed by atoms with Crippen LogP contribution in [-0.2, 0) is 27.2 Å². The van der Waals surface area contributed by atoms with Gasteiger partial charge in [0.25, 0.3) is 11.8 Å². The number of amides is 4. The maximum Gasteiger partial charge on any atom is 0.341 e. The molecule has 0 atom stereocenters. The van der Waals surface area contributed by atoms with E-state index in [4.69, 9.17) is 4.74 Å². The van der Waals surface area contributed by atoms with E-state index in [2.05, 4.69) is 10.6 Å². The lowest BCUT2D eigenvalue weighted by Crippen LogP contribution is -2.51. The highest BCUT2D eigenvalue weighted by Gasteiger charge is 2.30. The fraction of sp³-hybridized carbons (Fsp3) is 0.364. The third-order valence-electron chi connectivity index (χ3n) is 5.55. The third-order valence-corrected chi connectivity index (χ3v) is 6.83. The highest BCUT2D eigenvalue weighted by molar-refractivity contribution is 7.15. The molecular formula is C22H23N3O5S. The highest BCUT2D eigenvalue weighted by atomic mass is 32.1. The second-order valence-electron chi connectivity index (χ2n) is 7.57. The van der Waals surface area contributed by atoms with Crippen molar-refractivity contribution in [2.24, 2.45) is 0 Å². The molecule has 0 aromatic carbocycles. The minimum absolute atomic E-state index is 0.143. The molecule has 0 bridgehead atoms. The largest absolute Gasteiger partial charge is 0.462 e. The third kappa shape index (κ3) is 3.69. The molecule has 2 aromatic rings. The Morgan fingerprint density at radius 2 is 1.84 bits per heavy atom. The van der Waals surface area contributed by atoms with Gasteiger partial charge >= 0.3 is 12.0 Å². The maximum atomic E-state index is 12.9. The van der Waals surface area contributed by atoms with Gasteiger partial charge in [-0.25, -0.2) is 9.59 Å². The number of esters is 1. The Labute approximate surface area is 183 Å². The molecule has 9 heteroatoms. The Hall–Kier alpha value is -3.20. The topological polar surface area (TPSA) is 106 Å². The molecule has 3 heterocycles. The number of fused-ring (bicyclic) bond motifs is 1. The molecule has 8 nitrogen and oxygen atoms in total. The number of carbonyl (C=O) groups is 4. The van der Waals surface area contributed by atoms with E-state index in [0.717, 1.165) is 47.6 Å². The quantitative estimate of drug-likeness (QED) is 0.431. The maximum absolute atomic E-state index is 12.9. The van der Waals surface area contributed by atoms with Gasteiger partial charge in [-0.2, -0.15) is 0 Å². The van der Waals surface area contributed by atoms with Crippen LogP contribution in [0.2, 0.25) is 0 Å². The molecule has 1 fully saturated rings. The molecule has 2 N–H and O–H groups in total. The number of ether oxygens (including phenoxy) is 1. The van der Waals surface area contributed by atoms with Gasteiger partial charge in [0.2, 0.25) is 0 Å². The van der Waals surface area contributed by atoms with E-state index in [1.807, 2.05) is 24.5 Å². The van der Waals surface area contributed by atoms with Crippen molar-refractivity contribution in [2.75, 3.05) is 6.61 Å². The van der Waals surface area contributed by atoms with Crippen LogP contribution in [0.5, 0.6) is 0 Å². The summed E-state index contributed by atoms with van der Waals surface area (Å²) in [4.78, 5) is 49.6. The van der Waals surface area contributed by atoms with Crippen LogP contribution in [0.3, 0.4) is 0 Å². The van der Waals surface area contributed by atoms with Crippen molar-refractivity contribution in [1.29, 1.82) is 0 Å². The summed E-state index contributed by atoms with van der Waals surface area (Å²) in [5, 5.41) is 4.96. The first kappa shape index (κ1) is 21.0. The van der Waals surface area contributed by atoms with Crippen molar-refractivity contribution in [3.63, 3.8) is 0 Å². The molecule has 1 aliphatic carbocycles. The zero-order valence-electron chi connectivity index (χ0n) is 17.6. The summed E-state index contributed by atoms with van der Waals surface area (Å²) in [7, 11) is 0. The number of carbonyl (C=O) groups excluding carboxylic acids is 4. The number of hydrogen-bond acceptors (Lipinski definition) is 6. The number of urea groups is 1. The summed E-state index contributed by atoms with van der Waals surface area (Å²) < 4.78 is 7.34. The summed E-state index contributed by atoms with van der Waals surface area (Å²) in [6, 6.07) is 1.02. The number of hydrogen-bond donors (Lipinski definition) is 2. The van der Waals surface area contributed by atoms with Crippen molar-refractivity contribution in [3.05, 3.63) is 44.6 Å². The van der Waals surface area contributed by atoms with Gasteiger partial charge in [-0.3, -0.25) is 20.2 Å². The minimum Gasteiger partial charge on any atom is -0.462 e. The van der Waals surface area contributed by atoms with E-state index in [1.54, 1.807) is 18.3 Å². The van der Waals surface area contributed by atoms with E-state index < -0.39 is 17.8 Å². The van der Waals surface area contributed by atoms with Gasteiger partial charge in [0, 0.05) is 16.3 Å². The van der Waals surface area contributed by atoms with E-state index in [1.165, 1.54) is 11.0 Å². The lowest BCUT2D eigenvalue weighted by Gasteiger charge is -2.14. The lowest BCUT2D eigenvalue weighted by molar-refractivity contribution is -0.123. The summed E-state index contributed by atoms with van der Waals surface area (Å²) in [5.41, 5.74) is 3.85. The van der Waals surface area contributed by atoms with Crippen LogP contribution in [0.4, 0.5) is 4.79 Å². The number of thiophene rings is 1. The van der Waals surface area contributed by atoms with Crippen LogP contribution in [-0.4, -0.2) is 35.0 Å². The van der Waals surface area contributed by atoms with Gasteiger partial charge in [0.05, 0.1) is 12.2 Å². The van der Waals surface area contributed by atoms with Crippen LogP contribution in [0.15, 0.2) is 11.6 Å². The van der Waals surface area contributed by atoms with Gasteiger partial charge in [-0.15, -0.1) is 11.3 Å². The van der Waals surface area contributed by atoms with Crippen molar-refractivity contribution < 1.29 is 23.9 Å². The van der Waals surface area contributed by atoms with E-state index in [9.17, 15) is 19.2 Å². The van der Waals surface area contributed by atoms with Crippen molar-refractivity contribution in [3.8, 4) is 5.00 Å². The number of aromatic nitrogens is 1. The fourth-order valence-corrected chi connectivity index (χ4v) is 5.62. The molecule has 0 radical (unpaired) electrons. The summed E-state index contributed by atoms with van der Waals surface area (Å²) in [6.07, 6.45) is 5.40. The predicted molar refractivity (Wildman–Crippen MR) is 115 cm³/mol. The van der Waals surface area contributed by atoms with Gasteiger partial charge in [0.1, 0.15) is 10.6 Å². The number of barbiturate groups is 1. The molecule has 31 heavy (non-hydrogen) atoms. The van der Waals surface area contributed by atoms with Crippen molar-refractivity contribution in [2.45, 2.75) is 46.5 Å². The van der Waals surface area contributed by atoms with Gasteiger partial charge < -0.3 is 9.30 Å². The molecular weight excluding hydrogens is 418 g/mol. The highest BCUT2D eigenvalue weighted by Crippen LogP contribution is 2.39. The Bertz CT molecular complexity index is 1130. The number of imide groups is 2. The first-order valence-corrected chi connectivity index (χ1v) is 11.0. The van der Waals surface area contributed by atoms with E-state index >= 15 is 0 Å².